The Labute approximate surface area is 89.3 Å². The lowest BCUT2D eigenvalue weighted by Crippen LogP contribution is -2.15. The summed E-state index contributed by atoms with van der Waals surface area (Å²) in [5, 5.41) is 4.59. The van der Waals surface area contributed by atoms with Gasteiger partial charge in [0.05, 0.1) is 6.61 Å². The zero-order valence-electron chi connectivity index (χ0n) is 6.91. The molecule has 7 heteroatoms. The average molecular weight is 284 g/mol. The van der Waals surface area contributed by atoms with Crippen LogP contribution in [0.4, 0.5) is 4.39 Å². The molecule has 78 valence electrons. The highest BCUT2D eigenvalue weighted by molar-refractivity contribution is 9.10. The molecule has 1 rings (SSSR count). The van der Waals surface area contributed by atoms with Gasteiger partial charge >= 0.3 is 10.3 Å². The number of nitrogens with two attached hydrogens (primary N) is 1. The summed E-state index contributed by atoms with van der Waals surface area (Å²) in [7, 11) is -4.03. The number of benzene rings is 1. The van der Waals surface area contributed by atoms with Gasteiger partial charge in [-0.2, -0.15) is 8.42 Å². The van der Waals surface area contributed by atoms with Crippen molar-refractivity contribution in [2.24, 2.45) is 5.14 Å². The fraction of sp³-hybridized carbons (Fsp3) is 0.143. The van der Waals surface area contributed by atoms with Crippen molar-refractivity contribution in [3.63, 3.8) is 0 Å². The van der Waals surface area contributed by atoms with Gasteiger partial charge in [0.1, 0.15) is 5.82 Å². The zero-order valence-corrected chi connectivity index (χ0v) is 9.31. The molecule has 0 fully saturated rings. The molecular formula is C7H7BrFNO3S. The standard InChI is InChI=1S/C7H7BrFNO3S/c8-6-1-2-7(9)5(3-6)4-13-14(10,11)12/h1-3H,4H2,(H2,10,11,12). The van der Waals surface area contributed by atoms with Crippen molar-refractivity contribution in [3.05, 3.63) is 34.1 Å². The van der Waals surface area contributed by atoms with Gasteiger partial charge in [-0.1, -0.05) is 15.9 Å². The van der Waals surface area contributed by atoms with Crippen LogP contribution in [0.3, 0.4) is 0 Å². The summed E-state index contributed by atoms with van der Waals surface area (Å²) < 4.78 is 38.7. The van der Waals surface area contributed by atoms with Crippen LogP contribution in [0, 0.1) is 5.82 Å². The maximum Gasteiger partial charge on any atom is 0.333 e. The number of rotatable bonds is 3. The minimum absolute atomic E-state index is 0.119. The van der Waals surface area contributed by atoms with Crippen molar-refractivity contribution in [1.29, 1.82) is 0 Å². The summed E-state index contributed by atoms with van der Waals surface area (Å²) in [6.45, 7) is -0.413. The first kappa shape index (κ1) is 11.6. The maximum atomic E-state index is 13.0. The van der Waals surface area contributed by atoms with Crippen molar-refractivity contribution in [3.8, 4) is 0 Å². The molecule has 14 heavy (non-hydrogen) atoms. The zero-order chi connectivity index (χ0) is 10.8. The summed E-state index contributed by atoms with van der Waals surface area (Å²) in [5.41, 5.74) is 0.119. The van der Waals surface area contributed by atoms with E-state index in [4.69, 9.17) is 0 Å². The smallest absolute Gasteiger partial charge is 0.253 e. The van der Waals surface area contributed by atoms with Crippen LogP contribution in [0.1, 0.15) is 5.56 Å². The Hall–Kier alpha value is -0.500. The summed E-state index contributed by atoms with van der Waals surface area (Å²) in [6.07, 6.45) is 0. The van der Waals surface area contributed by atoms with Crippen LogP contribution < -0.4 is 5.14 Å². The van der Waals surface area contributed by atoms with E-state index in [2.05, 4.69) is 25.3 Å². The highest BCUT2D eigenvalue weighted by Crippen LogP contribution is 2.16. The SMILES string of the molecule is NS(=O)(=O)OCc1cc(Br)ccc1F. The van der Waals surface area contributed by atoms with Crippen molar-refractivity contribution in [1.82, 2.24) is 0 Å². The Morgan fingerprint density at radius 2 is 2.14 bits per heavy atom. The maximum absolute atomic E-state index is 13.0. The van der Waals surface area contributed by atoms with Crippen molar-refractivity contribution < 1.29 is 17.0 Å². The fourth-order valence-corrected chi connectivity index (χ4v) is 1.50. The lowest BCUT2D eigenvalue weighted by molar-refractivity contribution is 0.303. The Morgan fingerprint density at radius 1 is 1.50 bits per heavy atom. The molecule has 1 aromatic carbocycles. The van der Waals surface area contributed by atoms with Gasteiger partial charge in [-0.15, -0.1) is 0 Å². The summed E-state index contributed by atoms with van der Waals surface area (Å²) >= 11 is 3.11. The van der Waals surface area contributed by atoms with E-state index in [0.717, 1.165) is 0 Å². The molecule has 1 aromatic rings. The van der Waals surface area contributed by atoms with Crippen LogP contribution in [0.15, 0.2) is 22.7 Å². The minimum Gasteiger partial charge on any atom is -0.253 e. The second-order valence-electron chi connectivity index (χ2n) is 2.49. The largest absolute Gasteiger partial charge is 0.333 e. The quantitative estimate of drug-likeness (QED) is 0.909. The molecule has 0 amide bonds. The van der Waals surface area contributed by atoms with Crippen LogP contribution in [0.5, 0.6) is 0 Å². The molecule has 0 aliphatic rings. The Bertz CT molecular complexity index is 435. The average Bonchev–Trinajstić information content (AvgIpc) is 2.05. The Balaban J connectivity index is 2.81. The lowest BCUT2D eigenvalue weighted by Gasteiger charge is -2.03. The Morgan fingerprint density at radius 3 is 2.71 bits per heavy atom. The first-order valence-electron chi connectivity index (χ1n) is 3.49. The fourth-order valence-electron chi connectivity index (χ4n) is 0.800. The first-order valence-corrected chi connectivity index (χ1v) is 5.76. The van der Waals surface area contributed by atoms with E-state index in [9.17, 15) is 12.8 Å². The molecule has 0 atom stereocenters. The van der Waals surface area contributed by atoms with Gasteiger partial charge in [0.25, 0.3) is 0 Å². The predicted octanol–water partition coefficient (Wildman–Crippen LogP) is 1.31. The minimum atomic E-state index is -4.03. The molecule has 0 saturated heterocycles. The van der Waals surface area contributed by atoms with Crippen LogP contribution >= 0.6 is 15.9 Å². The van der Waals surface area contributed by atoms with E-state index in [1.807, 2.05) is 0 Å². The first-order chi connectivity index (χ1) is 6.38. The highest BCUT2D eigenvalue weighted by atomic mass is 79.9. The lowest BCUT2D eigenvalue weighted by atomic mass is 10.2. The van der Waals surface area contributed by atoms with Gasteiger partial charge < -0.3 is 0 Å². The molecule has 0 unspecified atom stereocenters. The number of hydrogen-bond acceptors (Lipinski definition) is 3. The molecular weight excluding hydrogens is 277 g/mol. The van der Waals surface area contributed by atoms with Crippen molar-refractivity contribution in [2.45, 2.75) is 6.61 Å². The third kappa shape index (κ3) is 3.70. The van der Waals surface area contributed by atoms with E-state index in [1.54, 1.807) is 0 Å². The highest BCUT2D eigenvalue weighted by Gasteiger charge is 2.07. The summed E-state index contributed by atoms with van der Waals surface area (Å²) in [5.74, 6) is -0.545. The Kier molecular flexibility index (Phi) is 3.59. The molecule has 0 saturated carbocycles. The van der Waals surface area contributed by atoms with E-state index >= 15 is 0 Å². The normalized spacial score (nSPS) is 11.6. The topological polar surface area (TPSA) is 69.4 Å². The second-order valence-corrected chi connectivity index (χ2v) is 4.63. The third-order valence-corrected chi connectivity index (χ3v) is 2.33. The van der Waals surface area contributed by atoms with Gasteiger partial charge in [-0.3, -0.25) is 4.18 Å². The van der Waals surface area contributed by atoms with Gasteiger partial charge in [-0.05, 0) is 18.2 Å². The molecule has 0 aliphatic heterocycles. The van der Waals surface area contributed by atoms with Crippen molar-refractivity contribution in [2.75, 3.05) is 0 Å². The summed E-state index contributed by atoms with van der Waals surface area (Å²) in [4.78, 5) is 0. The van der Waals surface area contributed by atoms with Crippen molar-refractivity contribution >= 4 is 26.2 Å². The molecule has 0 spiro atoms. The second kappa shape index (κ2) is 4.35. The molecule has 0 aliphatic carbocycles. The van der Waals surface area contributed by atoms with Crippen LogP contribution in [-0.4, -0.2) is 8.42 Å². The molecule has 0 aromatic heterocycles. The van der Waals surface area contributed by atoms with Crippen LogP contribution in [-0.2, 0) is 21.1 Å². The molecule has 4 nitrogen and oxygen atoms in total. The van der Waals surface area contributed by atoms with E-state index < -0.39 is 22.7 Å². The van der Waals surface area contributed by atoms with Gasteiger partial charge in [0, 0.05) is 10.0 Å². The van der Waals surface area contributed by atoms with Gasteiger partial charge in [-0.25, -0.2) is 9.53 Å². The van der Waals surface area contributed by atoms with Gasteiger partial charge in [0.2, 0.25) is 0 Å². The number of hydrogen-bond donors (Lipinski definition) is 1. The third-order valence-electron chi connectivity index (χ3n) is 1.39. The van der Waals surface area contributed by atoms with Gasteiger partial charge in [0.15, 0.2) is 0 Å². The molecule has 2 N–H and O–H groups in total. The molecule has 0 heterocycles. The number of halogens is 2. The van der Waals surface area contributed by atoms with E-state index in [-0.39, 0.29) is 5.56 Å². The van der Waals surface area contributed by atoms with Crippen LogP contribution in [0.25, 0.3) is 0 Å². The molecule has 0 bridgehead atoms. The van der Waals surface area contributed by atoms with E-state index in [1.165, 1.54) is 18.2 Å². The monoisotopic (exact) mass is 283 g/mol. The molecule has 0 radical (unpaired) electrons. The predicted molar refractivity (Wildman–Crippen MR) is 52.0 cm³/mol. The van der Waals surface area contributed by atoms with Crippen LogP contribution in [0.2, 0.25) is 0 Å². The van der Waals surface area contributed by atoms with E-state index in [0.29, 0.717) is 4.47 Å². The summed E-state index contributed by atoms with van der Waals surface area (Å²) in [6, 6.07) is 4.11.